The lowest BCUT2D eigenvalue weighted by Gasteiger charge is -2.26. The summed E-state index contributed by atoms with van der Waals surface area (Å²) >= 11 is 0. The molecule has 1 saturated carbocycles. The number of fused-ring (bicyclic) bond motifs is 1. The van der Waals surface area contributed by atoms with Gasteiger partial charge in [0.1, 0.15) is 17.7 Å². The van der Waals surface area contributed by atoms with Gasteiger partial charge < -0.3 is 15.0 Å². The minimum absolute atomic E-state index is 0.000301. The molecule has 0 spiro atoms. The molecule has 2 N–H and O–H groups in total. The largest absolute Gasteiger partial charge is 0.464 e. The van der Waals surface area contributed by atoms with Crippen LogP contribution in [0.4, 0.5) is 10.2 Å². The van der Waals surface area contributed by atoms with Crippen molar-refractivity contribution in [2.24, 2.45) is 5.92 Å². The Morgan fingerprint density at radius 3 is 2.71 bits per heavy atom. The SMILES string of the molecule is COC(=O)c1cccc(NC(=O)C(CC2CCCCC2)n2c(=O)[nH]c3ccc(F)cc3c2=O)n1. The summed E-state index contributed by atoms with van der Waals surface area (Å²) in [6.45, 7) is 0. The standard InChI is InChI=1S/C24H25FN4O5/c1-34-23(32)18-8-5-9-20(26-18)28-21(30)19(12-14-6-3-2-4-7-14)29-22(31)16-13-15(25)10-11-17(16)27-24(29)33/h5,8-11,13-14,19H,2-4,6-7,12H2,1H3,(H,27,33)(H,26,28,30). The smallest absolute Gasteiger partial charge is 0.356 e. The van der Waals surface area contributed by atoms with Gasteiger partial charge in [-0.15, -0.1) is 0 Å². The lowest BCUT2D eigenvalue weighted by atomic mass is 9.84. The molecule has 1 amide bonds. The van der Waals surface area contributed by atoms with Crippen LogP contribution in [0.25, 0.3) is 10.9 Å². The Bertz CT molecular complexity index is 1340. The van der Waals surface area contributed by atoms with Crippen molar-refractivity contribution in [3.05, 3.63) is 68.7 Å². The van der Waals surface area contributed by atoms with Gasteiger partial charge in [0.15, 0.2) is 5.69 Å². The molecule has 0 saturated heterocycles. The number of pyridine rings is 1. The highest BCUT2D eigenvalue weighted by molar-refractivity contribution is 5.94. The van der Waals surface area contributed by atoms with Crippen LogP contribution in [-0.2, 0) is 9.53 Å². The number of nitrogens with one attached hydrogen (secondary N) is 2. The maximum atomic E-state index is 13.8. The first-order chi connectivity index (χ1) is 16.4. The molecule has 1 atom stereocenters. The predicted octanol–water partition coefficient (Wildman–Crippen LogP) is 3.16. The number of hydrogen-bond donors (Lipinski definition) is 2. The van der Waals surface area contributed by atoms with Crippen molar-refractivity contribution in [3.8, 4) is 0 Å². The number of benzene rings is 1. The summed E-state index contributed by atoms with van der Waals surface area (Å²) in [5, 5.41) is 2.60. The van der Waals surface area contributed by atoms with E-state index in [1.165, 1.54) is 31.4 Å². The average Bonchev–Trinajstić information content (AvgIpc) is 2.84. The van der Waals surface area contributed by atoms with Crippen LogP contribution in [0.2, 0.25) is 0 Å². The molecule has 2 heterocycles. The van der Waals surface area contributed by atoms with Crippen molar-refractivity contribution >= 4 is 28.6 Å². The molecule has 1 fully saturated rings. The van der Waals surface area contributed by atoms with Crippen molar-refractivity contribution in [2.45, 2.75) is 44.6 Å². The zero-order valence-electron chi connectivity index (χ0n) is 18.7. The Kier molecular flexibility index (Phi) is 6.85. The molecule has 34 heavy (non-hydrogen) atoms. The molecule has 2 aromatic heterocycles. The number of rotatable bonds is 6. The Morgan fingerprint density at radius 1 is 1.21 bits per heavy atom. The van der Waals surface area contributed by atoms with Crippen molar-refractivity contribution in [1.29, 1.82) is 0 Å². The number of nitrogens with zero attached hydrogens (tertiary/aromatic N) is 2. The third-order valence-corrected chi connectivity index (χ3v) is 6.18. The number of halogens is 1. The monoisotopic (exact) mass is 468 g/mol. The van der Waals surface area contributed by atoms with Crippen LogP contribution >= 0.6 is 0 Å². The highest BCUT2D eigenvalue weighted by atomic mass is 19.1. The van der Waals surface area contributed by atoms with Gasteiger partial charge in [0.05, 0.1) is 18.0 Å². The van der Waals surface area contributed by atoms with Crippen LogP contribution in [-0.4, -0.2) is 33.5 Å². The van der Waals surface area contributed by atoms with Crippen LogP contribution in [0.15, 0.2) is 46.0 Å². The molecular weight excluding hydrogens is 443 g/mol. The number of anilines is 1. The van der Waals surface area contributed by atoms with E-state index in [4.69, 9.17) is 0 Å². The van der Waals surface area contributed by atoms with Gasteiger partial charge in [0.2, 0.25) is 5.91 Å². The first-order valence-corrected chi connectivity index (χ1v) is 11.2. The molecule has 178 valence electrons. The predicted molar refractivity (Wildman–Crippen MR) is 123 cm³/mol. The molecule has 1 aliphatic rings. The van der Waals surface area contributed by atoms with E-state index < -0.39 is 35.0 Å². The molecule has 0 bridgehead atoms. The van der Waals surface area contributed by atoms with Crippen LogP contribution < -0.4 is 16.6 Å². The maximum Gasteiger partial charge on any atom is 0.356 e. The Labute approximate surface area is 194 Å². The summed E-state index contributed by atoms with van der Waals surface area (Å²) in [5.74, 6) is -1.69. The Balaban J connectivity index is 1.74. The van der Waals surface area contributed by atoms with Gasteiger partial charge in [-0.1, -0.05) is 38.2 Å². The van der Waals surface area contributed by atoms with Crippen LogP contribution in [0, 0.1) is 11.7 Å². The quantitative estimate of drug-likeness (QED) is 0.536. The first-order valence-electron chi connectivity index (χ1n) is 11.2. The molecule has 9 nitrogen and oxygen atoms in total. The third kappa shape index (κ3) is 4.90. The summed E-state index contributed by atoms with van der Waals surface area (Å²) < 4.78 is 19.4. The Hall–Kier alpha value is -3.82. The fraction of sp³-hybridized carbons (Fsp3) is 0.375. The van der Waals surface area contributed by atoms with E-state index >= 15 is 0 Å². The molecule has 1 unspecified atom stereocenters. The fourth-order valence-corrected chi connectivity index (χ4v) is 4.48. The molecular formula is C24H25FN4O5. The van der Waals surface area contributed by atoms with E-state index in [0.29, 0.717) is 0 Å². The van der Waals surface area contributed by atoms with Crippen LogP contribution in [0.3, 0.4) is 0 Å². The van der Waals surface area contributed by atoms with Gasteiger partial charge in [-0.05, 0) is 42.7 Å². The normalized spacial score (nSPS) is 15.1. The number of hydrogen-bond acceptors (Lipinski definition) is 6. The number of esters is 1. The lowest BCUT2D eigenvalue weighted by Crippen LogP contribution is -2.43. The molecule has 0 radical (unpaired) electrons. The van der Waals surface area contributed by atoms with Gasteiger partial charge >= 0.3 is 11.7 Å². The van der Waals surface area contributed by atoms with Gasteiger partial charge in [-0.2, -0.15) is 0 Å². The molecule has 4 rings (SSSR count). The number of carbonyl (C=O) groups is 2. The second kappa shape index (κ2) is 9.98. The molecule has 1 aliphatic carbocycles. The number of aromatic nitrogens is 3. The van der Waals surface area contributed by atoms with Gasteiger partial charge in [0, 0.05) is 0 Å². The topological polar surface area (TPSA) is 123 Å². The van der Waals surface area contributed by atoms with Gasteiger partial charge in [-0.25, -0.2) is 23.5 Å². The molecule has 0 aliphatic heterocycles. The summed E-state index contributed by atoms with van der Waals surface area (Å²) in [4.78, 5) is 58.0. The summed E-state index contributed by atoms with van der Waals surface area (Å²) in [6, 6.07) is 6.82. The van der Waals surface area contributed by atoms with E-state index in [1.807, 2.05) is 0 Å². The van der Waals surface area contributed by atoms with E-state index in [2.05, 4.69) is 20.0 Å². The van der Waals surface area contributed by atoms with Crippen molar-refractivity contribution in [3.63, 3.8) is 0 Å². The van der Waals surface area contributed by atoms with E-state index in [1.54, 1.807) is 0 Å². The van der Waals surface area contributed by atoms with Gasteiger partial charge in [-0.3, -0.25) is 9.59 Å². The van der Waals surface area contributed by atoms with E-state index in [0.717, 1.165) is 48.8 Å². The molecule has 3 aromatic rings. The zero-order chi connectivity index (χ0) is 24.2. The number of carbonyl (C=O) groups excluding carboxylic acids is 2. The van der Waals surface area contributed by atoms with E-state index in [9.17, 15) is 23.6 Å². The summed E-state index contributed by atoms with van der Waals surface area (Å²) in [7, 11) is 1.22. The van der Waals surface area contributed by atoms with Crippen LogP contribution in [0.1, 0.15) is 55.1 Å². The number of methoxy groups -OCH3 is 1. The maximum absolute atomic E-state index is 13.8. The number of ether oxygens (including phenoxy) is 1. The second-order valence-corrected chi connectivity index (χ2v) is 8.44. The van der Waals surface area contributed by atoms with E-state index in [-0.39, 0.29) is 34.8 Å². The number of H-pyrrole nitrogens is 1. The van der Waals surface area contributed by atoms with Crippen molar-refractivity contribution < 1.29 is 18.7 Å². The fourth-order valence-electron chi connectivity index (χ4n) is 4.48. The lowest BCUT2D eigenvalue weighted by molar-refractivity contribution is -0.120. The summed E-state index contributed by atoms with van der Waals surface area (Å²) in [5.41, 5.74) is -1.31. The Morgan fingerprint density at radius 2 is 1.97 bits per heavy atom. The van der Waals surface area contributed by atoms with Crippen molar-refractivity contribution in [1.82, 2.24) is 14.5 Å². The molecule has 10 heteroatoms. The van der Waals surface area contributed by atoms with Crippen molar-refractivity contribution in [2.75, 3.05) is 12.4 Å². The number of amides is 1. The van der Waals surface area contributed by atoms with Crippen LogP contribution in [0.5, 0.6) is 0 Å². The highest BCUT2D eigenvalue weighted by Crippen LogP contribution is 2.31. The minimum atomic E-state index is -1.14. The first kappa shape index (κ1) is 23.3. The average molecular weight is 468 g/mol. The second-order valence-electron chi connectivity index (χ2n) is 8.44. The number of aromatic amines is 1. The highest BCUT2D eigenvalue weighted by Gasteiger charge is 2.29. The zero-order valence-corrected chi connectivity index (χ0v) is 18.7. The summed E-state index contributed by atoms with van der Waals surface area (Å²) in [6.07, 6.45) is 5.16. The molecule has 1 aromatic carbocycles. The van der Waals surface area contributed by atoms with Gasteiger partial charge in [0.25, 0.3) is 5.56 Å². The minimum Gasteiger partial charge on any atom is -0.464 e. The third-order valence-electron chi connectivity index (χ3n) is 6.18.